The van der Waals surface area contributed by atoms with Gasteiger partial charge in [-0.1, -0.05) is 123 Å². The van der Waals surface area contributed by atoms with Gasteiger partial charge in [0.15, 0.2) is 0 Å². The molecule has 4 aromatic carbocycles. The molecule has 4 aromatic rings. The van der Waals surface area contributed by atoms with Crippen LogP contribution in [0.4, 0.5) is 0 Å². The lowest BCUT2D eigenvalue weighted by Crippen LogP contribution is -1.80. The Bertz CT molecular complexity index is 857. The Morgan fingerprint density at radius 3 is 0.964 bits per heavy atom. The Morgan fingerprint density at radius 2 is 0.643 bits per heavy atom. The van der Waals surface area contributed by atoms with Gasteiger partial charge in [-0.05, 0) is 47.2 Å². The van der Waals surface area contributed by atoms with E-state index in [-0.39, 0.29) is 0 Å². The Balaban J connectivity index is 0.000000184. The molecule has 0 unspecified atom stereocenters. The van der Waals surface area contributed by atoms with Crippen molar-refractivity contribution in [3.05, 3.63) is 120 Å². The standard InChI is InChI=1S/2C13H12.C2H6/c2*1-11-7-5-6-10-13(11)12-8-3-2-4-9-12;1-2/h2*2-10H,1H3;1-2H3. The van der Waals surface area contributed by atoms with Crippen LogP contribution in [-0.2, 0) is 0 Å². The zero-order chi connectivity index (χ0) is 20.2. The summed E-state index contributed by atoms with van der Waals surface area (Å²) in [7, 11) is 0. The summed E-state index contributed by atoms with van der Waals surface area (Å²) in [6.45, 7) is 8.28. The monoisotopic (exact) mass is 366 g/mol. The lowest BCUT2D eigenvalue weighted by atomic mass is 10.0. The van der Waals surface area contributed by atoms with Crippen molar-refractivity contribution in [2.24, 2.45) is 0 Å². The van der Waals surface area contributed by atoms with Crippen molar-refractivity contribution in [2.75, 3.05) is 0 Å². The Morgan fingerprint density at radius 1 is 0.357 bits per heavy atom. The smallest absolute Gasteiger partial charge is 0.0155 e. The molecule has 0 heterocycles. The number of aryl methyl sites for hydroxylation is 2. The van der Waals surface area contributed by atoms with Gasteiger partial charge in [-0.3, -0.25) is 0 Å². The van der Waals surface area contributed by atoms with Gasteiger partial charge in [0.2, 0.25) is 0 Å². The van der Waals surface area contributed by atoms with Crippen LogP contribution in [-0.4, -0.2) is 0 Å². The minimum atomic E-state index is 1.29. The fourth-order valence-corrected chi connectivity index (χ4v) is 3.03. The third-order valence-corrected chi connectivity index (χ3v) is 4.46. The third-order valence-electron chi connectivity index (χ3n) is 4.46. The lowest BCUT2D eigenvalue weighted by molar-refractivity contribution is 1.46. The van der Waals surface area contributed by atoms with E-state index >= 15 is 0 Å². The third kappa shape index (κ3) is 5.96. The van der Waals surface area contributed by atoms with Gasteiger partial charge in [-0.25, -0.2) is 0 Å². The second kappa shape index (κ2) is 11.6. The molecule has 0 radical (unpaired) electrons. The van der Waals surface area contributed by atoms with Crippen molar-refractivity contribution < 1.29 is 0 Å². The van der Waals surface area contributed by atoms with Crippen molar-refractivity contribution >= 4 is 0 Å². The first-order chi connectivity index (χ1) is 13.8. The first-order valence-electron chi connectivity index (χ1n) is 9.98. The van der Waals surface area contributed by atoms with E-state index in [0.717, 1.165) is 0 Å². The molecule has 0 saturated carbocycles. The Labute approximate surface area is 170 Å². The minimum absolute atomic E-state index is 1.29. The average Bonchev–Trinajstić information content (AvgIpc) is 2.77. The highest BCUT2D eigenvalue weighted by Gasteiger charge is 1.98. The molecule has 0 nitrogen and oxygen atoms in total. The maximum atomic E-state index is 2.16. The molecule has 0 heteroatoms. The zero-order valence-electron chi connectivity index (χ0n) is 17.4. The average molecular weight is 367 g/mol. The minimum Gasteiger partial charge on any atom is -0.0683 e. The van der Waals surface area contributed by atoms with Crippen LogP contribution in [0.5, 0.6) is 0 Å². The summed E-state index contributed by atoms with van der Waals surface area (Å²) >= 11 is 0. The fraction of sp³-hybridized carbons (Fsp3) is 0.143. The fourth-order valence-electron chi connectivity index (χ4n) is 3.03. The first-order valence-corrected chi connectivity index (χ1v) is 9.98. The molecule has 0 fully saturated rings. The highest BCUT2D eigenvalue weighted by molar-refractivity contribution is 5.67. The number of hydrogen-bond donors (Lipinski definition) is 0. The van der Waals surface area contributed by atoms with E-state index < -0.39 is 0 Å². The molecule has 0 amide bonds. The normalized spacial score (nSPS) is 9.43. The van der Waals surface area contributed by atoms with E-state index in [2.05, 4.69) is 111 Å². The predicted molar refractivity (Wildman–Crippen MR) is 125 cm³/mol. The highest BCUT2D eigenvalue weighted by Crippen LogP contribution is 2.22. The topological polar surface area (TPSA) is 0 Å². The van der Waals surface area contributed by atoms with Gasteiger partial charge in [-0.15, -0.1) is 0 Å². The number of rotatable bonds is 2. The van der Waals surface area contributed by atoms with E-state index in [4.69, 9.17) is 0 Å². The molecular weight excluding hydrogens is 336 g/mol. The summed E-state index contributed by atoms with van der Waals surface area (Å²) < 4.78 is 0. The van der Waals surface area contributed by atoms with Gasteiger partial charge in [0.1, 0.15) is 0 Å². The van der Waals surface area contributed by atoms with Crippen LogP contribution in [0, 0.1) is 13.8 Å². The molecule has 142 valence electrons. The van der Waals surface area contributed by atoms with Crippen LogP contribution in [0.3, 0.4) is 0 Å². The van der Waals surface area contributed by atoms with Crippen molar-refractivity contribution in [1.82, 2.24) is 0 Å². The molecular formula is C28H30. The van der Waals surface area contributed by atoms with E-state index in [1.54, 1.807) is 0 Å². The molecule has 0 atom stereocenters. The van der Waals surface area contributed by atoms with Crippen LogP contribution < -0.4 is 0 Å². The van der Waals surface area contributed by atoms with E-state index in [9.17, 15) is 0 Å². The van der Waals surface area contributed by atoms with Gasteiger partial charge in [0, 0.05) is 0 Å². The van der Waals surface area contributed by atoms with E-state index in [0.29, 0.717) is 0 Å². The summed E-state index contributed by atoms with van der Waals surface area (Å²) in [5.41, 5.74) is 7.88. The summed E-state index contributed by atoms with van der Waals surface area (Å²) in [6.07, 6.45) is 0. The van der Waals surface area contributed by atoms with Crippen molar-refractivity contribution in [3.63, 3.8) is 0 Å². The lowest BCUT2D eigenvalue weighted by Gasteiger charge is -2.04. The molecule has 0 aliphatic rings. The molecule has 0 bridgehead atoms. The van der Waals surface area contributed by atoms with Gasteiger partial charge in [0.25, 0.3) is 0 Å². The number of benzene rings is 4. The Kier molecular flexibility index (Phi) is 8.75. The van der Waals surface area contributed by atoms with Crippen molar-refractivity contribution in [2.45, 2.75) is 27.7 Å². The molecule has 0 aliphatic carbocycles. The molecule has 28 heavy (non-hydrogen) atoms. The van der Waals surface area contributed by atoms with Crippen LogP contribution in [0.15, 0.2) is 109 Å². The Hall–Kier alpha value is -3.12. The summed E-state index contributed by atoms with van der Waals surface area (Å²) in [6, 6.07) is 37.8. The molecule has 0 spiro atoms. The van der Waals surface area contributed by atoms with Gasteiger partial charge in [0.05, 0.1) is 0 Å². The first kappa shape index (κ1) is 21.2. The molecule has 0 saturated heterocycles. The number of hydrogen-bond acceptors (Lipinski definition) is 0. The van der Waals surface area contributed by atoms with Crippen LogP contribution in [0.2, 0.25) is 0 Å². The maximum Gasteiger partial charge on any atom is -0.0155 e. The predicted octanol–water partition coefficient (Wildman–Crippen LogP) is 8.35. The van der Waals surface area contributed by atoms with E-state index in [1.165, 1.54) is 33.4 Å². The van der Waals surface area contributed by atoms with Crippen LogP contribution in [0.1, 0.15) is 25.0 Å². The maximum absolute atomic E-state index is 2.16. The molecule has 0 N–H and O–H groups in total. The summed E-state index contributed by atoms with van der Waals surface area (Å²) in [5.74, 6) is 0. The quantitative estimate of drug-likeness (QED) is 0.334. The largest absolute Gasteiger partial charge is 0.0683 e. The summed E-state index contributed by atoms with van der Waals surface area (Å²) in [5, 5.41) is 0. The molecule has 0 aliphatic heterocycles. The second-order valence-corrected chi connectivity index (χ2v) is 6.36. The zero-order valence-corrected chi connectivity index (χ0v) is 17.4. The van der Waals surface area contributed by atoms with Gasteiger partial charge >= 0.3 is 0 Å². The van der Waals surface area contributed by atoms with Gasteiger partial charge < -0.3 is 0 Å². The van der Waals surface area contributed by atoms with Crippen molar-refractivity contribution in [1.29, 1.82) is 0 Å². The summed E-state index contributed by atoms with van der Waals surface area (Å²) in [4.78, 5) is 0. The SMILES string of the molecule is CC.Cc1ccccc1-c1ccccc1.Cc1ccccc1-c1ccccc1. The van der Waals surface area contributed by atoms with Crippen molar-refractivity contribution in [3.8, 4) is 22.3 Å². The van der Waals surface area contributed by atoms with Gasteiger partial charge in [-0.2, -0.15) is 0 Å². The highest BCUT2D eigenvalue weighted by atomic mass is 14.0. The molecule has 4 rings (SSSR count). The molecule has 0 aromatic heterocycles. The van der Waals surface area contributed by atoms with Crippen LogP contribution in [0.25, 0.3) is 22.3 Å². The van der Waals surface area contributed by atoms with E-state index in [1.807, 2.05) is 26.0 Å². The van der Waals surface area contributed by atoms with Crippen LogP contribution >= 0.6 is 0 Å². The second-order valence-electron chi connectivity index (χ2n) is 6.36.